The minimum Gasteiger partial charge on any atom is -0.456 e. The second-order valence-electron chi connectivity index (χ2n) is 34.2. The molecular formula is C117H74N10O. The number of fused-ring (bicyclic) bond motifs is 24. The molecule has 598 valence electrons. The van der Waals surface area contributed by atoms with Crippen molar-refractivity contribution < 1.29 is 4.42 Å². The SMILES string of the molecule is CC1(C)c2ccccc2-c2cccc(-c3ccc(-n4c5ccccc5c5cc6ccccc6cc54)c4cnncc34)c21.c1ccc(-n2c3ccccc3c3cccc(-c4ccc(-n5c6ccccc6c6cc7ccccc7cc65)c5cnncc45)c32)cc1.c1ccc2cc3c(cc2c1)c1ccccc1n3-c1ccc(-c2ccc3c(c2)oc2ccccc23)c2cnncc12. The van der Waals surface area contributed by atoms with Crippen molar-refractivity contribution >= 4 is 174 Å². The summed E-state index contributed by atoms with van der Waals surface area (Å²) in [4.78, 5) is 0. The molecular weight excluding hydrogens is 1560 g/mol. The molecule has 0 aliphatic heterocycles. The highest BCUT2D eigenvalue weighted by Gasteiger charge is 2.38. The summed E-state index contributed by atoms with van der Waals surface area (Å²) in [7, 11) is 0. The molecule has 0 fully saturated rings. The molecule has 128 heavy (non-hydrogen) atoms. The molecule has 11 nitrogen and oxygen atoms in total. The standard InChI is InChI=1S/C42H26N4.C39H27N3.C36H21N3O/c1-2-13-29(14-3-1)45-38-19-8-6-15-31(38)34-18-10-17-33(42(34)45)30-21-22-40(37-26-44-43-25-36(30)37)46-39-20-9-7-16-32(39)35-23-27-11-4-5-12-28(27)24-41(35)46;1-39(2)34-16-7-5-12-27(34)30-15-9-14-29(38(30)39)26-18-19-36(33-23-41-40-22-32(26)33)42-35-17-8-6-13-28(35)31-20-24-10-3-4-11-25(24)21-37(31)42;1-2-8-23-18-34-29(17-22(23)7-1)26-9-3-5-11-32(26)39(34)33-16-15-25(30-20-37-38-21-31(30)33)24-13-14-28-27-10-4-6-12-35(27)40-36(28)19-24/h1-26H;3-23H,1-2H3;1-21H. The fourth-order valence-corrected chi connectivity index (χ4v) is 21.3. The predicted octanol–water partition coefficient (Wildman–Crippen LogP) is 29.9. The Morgan fingerprint density at radius 2 is 0.562 bits per heavy atom. The highest BCUT2D eigenvalue weighted by Crippen LogP contribution is 2.54. The Balaban J connectivity index is 0.000000102. The van der Waals surface area contributed by atoms with E-state index in [9.17, 15) is 0 Å². The molecule has 0 saturated carbocycles. The van der Waals surface area contributed by atoms with E-state index in [0.717, 1.165) is 99.3 Å². The number of para-hydroxylation sites is 7. The van der Waals surface area contributed by atoms with E-state index in [4.69, 9.17) is 4.42 Å². The molecule has 11 heteroatoms. The minimum atomic E-state index is -0.109. The van der Waals surface area contributed by atoms with Crippen LogP contribution in [0.5, 0.6) is 0 Å². The van der Waals surface area contributed by atoms with Crippen molar-refractivity contribution in [2.75, 3.05) is 0 Å². The molecule has 27 aromatic rings. The first kappa shape index (κ1) is 72.6. The molecule has 1 aliphatic rings. The molecule has 0 amide bonds. The van der Waals surface area contributed by atoms with Crippen LogP contribution >= 0.6 is 0 Å². The Bertz CT molecular complexity index is 9350. The summed E-state index contributed by atoms with van der Waals surface area (Å²) in [5.74, 6) is 0. The molecule has 0 spiro atoms. The molecule has 0 bridgehead atoms. The molecule has 28 rings (SSSR count). The lowest BCUT2D eigenvalue weighted by Crippen LogP contribution is -2.16. The van der Waals surface area contributed by atoms with Crippen LogP contribution in [0, 0.1) is 0 Å². The van der Waals surface area contributed by atoms with Crippen LogP contribution in [0.4, 0.5) is 0 Å². The van der Waals surface area contributed by atoms with Gasteiger partial charge in [0, 0.05) is 103 Å². The molecule has 0 atom stereocenters. The average molecular weight is 1640 g/mol. The Hall–Kier alpha value is -17.0. The van der Waals surface area contributed by atoms with E-state index in [1.807, 2.05) is 55.4 Å². The Kier molecular flexibility index (Phi) is 16.2. The number of nitrogens with zero attached hydrogens (tertiary/aromatic N) is 10. The van der Waals surface area contributed by atoms with Gasteiger partial charge in [-0.3, -0.25) is 0 Å². The van der Waals surface area contributed by atoms with Gasteiger partial charge in [-0.25, -0.2) is 0 Å². The van der Waals surface area contributed by atoms with Crippen LogP contribution in [0.25, 0.3) is 241 Å². The quantitative estimate of drug-likeness (QED) is 0.156. The highest BCUT2D eigenvalue weighted by molar-refractivity contribution is 6.21. The lowest BCUT2D eigenvalue weighted by molar-refractivity contribution is 0.662. The normalized spacial score (nSPS) is 12.5. The maximum absolute atomic E-state index is 6.21. The van der Waals surface area contributed by atoms with Gasteiger partial charge in [-0.1, -0.05) is 281 Å². The fraction of sp³-hybridized carbons (Fsp3) is 0.0256. The van der Waals surface area contributed by atoms with Crippen LogP contribution in [0.1, 0.15) is 25.0 Å². The van der Waals surface area contributed by atoms with Gasteiger partial charge in [0.2, 0.25) is 0 Å². The maximum atomic E-state index is 6.21. The Labute approximate surface area is 733 Å². The third-order valence-corrected chi connectivity index (χ3v) is 27.0. The van der Waals surface area contributed by atoms with Gasteiger partial charge in [0.05, 0.1) is 98.4 Å². The van der Waals surface area contributed by atoms with E-state index in [1.54, 1.807) is 0 Å². The minimum absolute atomic E-state index is 0.109. The summed E-state index contributed by atoms with van der Waals surface area (Å²) in [6.45, 7) is 4.69. The summed E-state index contributed by atoms with van der Waals surface area (Å²) in [6, 6.07) is 135. The second kappa shape index (κ2) is 28.5. The largest absolute Gasteiger partial charge is 0.456 e. The van der Waals surface area contributed by atoms with Crippen molar-refractivity contribution in [2.45, 2.75) is 19.3 Å². The van der Waals surface area contributed by atoms with Crippen LogP contribution in [0.15, 0.2) is 418 Å². The van der Waals surface area contributed by atoms with Gasteiger partial charge in [-0.15, -0.1) is 0 Å². The summed E-state index contributed by atoms with van der Waals surface area (Å²) in [5, 5.41) is 52.3. The van der Waals surface area contributed by atoms with Crippen molar-refractivity contribution in [3.8, 4) is 67.3 Å². The van der Waals surface area contributed by atoms with Crippen LogP contribution in [-0.2, 0) is 5.41 Å². The third-order valence-electron chi connectivity index (χ3n) is 27.0. The molecule has 0 radical (unpaired) electrons. The summed E-state index contributed by atoms with van der Waals surface area (Å²) < 4.78 is 15.8. The zero-order valence-electron chi connectivity index (χ0n) is 69.6. The summed E-state index contributed by atoms with van der Waals surface area (Å²) in [5.41, 5.74) is 27.9. The second-order valence-corrected chi connectivity index (χ2v) is 34.2. The zero-order chi connectivity index (χ0) is 84.4. The number of hydrogen-bond acceptors (Lipinski definition) is 7. The summed E-state index contributed by atoms with van der Waals surface area (Å²) >= 11 is 0. The van der Waals surface area contributed by atoms with E-state index in [-0.39, 0.29) is 5.41 Å². The molecule has 0 saturated heterocycles. The van der Waals surface area contributed by atoms with E-state index in [0.29, 0.717) is 0 Å². The Morgan fingerprint density at radius 3 is 1.07 bits per heavy atom. The smallest absolute Gasteiger partial charge is 0.136 e. The van der Waals surface area contributed by atoms with Gasteiger partial charge in [0.15, 0.2) is 0 Å². The monoisotopic (exact) mass is 1630 g/mol. The van der Waals surface area contributed by atoms with Crippen molar-refractivity contribution in [1.82, 2.24) is 48.9 Å². The third kappa shape index (κ3) is 11.1. The van der Waals surface area contributed by atoms with Gasteiger partial charge in [0.25, 0.3) is 0 Å². The topological polar surface area (TPSA) is 110 Å². The van der Waals surface area contributed by atoms with Crippen molar-refractivity contribution in [3.05, 3.63) is 424 Å². The van der Waals surface area contributed by atoms with Gasteiger partial charge < -0.3 is 22.7 Å². The molecule has 0 unspecified atom stereocenters. The number of furan rings is 1. The lowest BCUT2D eigenvalue weighted by atomic mass is 9.78. The molecule has 0 N–H and O–H groups in total. The van der Waals surface area contributed by atoms with E-state index < -0.39 is 0 Å². The fourth-order valence-electron chi connectivity index (χ4n) is 21.3. The summed E-state index contributed by atoms with van der Waals surface area (Å²) in [6.07, 6.45) is 11.5. The Morgan fingerprint density at radius 1 is 0.211 bits per heavy atom. The molecule has 8 aromatic heterocycles. The van der Waals surface area contributed by atoms with E-state index >= 15 is 0 Å². The van der Waals surface area contributed by atoms with Crippen LogP contribution < -0.4 is 0 Å². The van der Waals surface area contributed by atoms with Crippen LogP contribution in [0.3, 0.4) is 0 Å². The number of hydrogen-bond donors (Lipinski definition) is 0. The van der Waals surface area contributed by atoms with Gasteiger partial charge in [-0.05, 0) is 192 Å². The first-order chi connectivity index (χ1) is 63.3. The van der Waals surface area contributed by atoms with Crippen molar-refractivity contribution in [2.24, 2.45) is 0 Å². The number of benzene rings is 19. The van der Waals surface area contributed by atoms with E-state index in [1.165, 1.54) is 153 Å². The first-order valence-corrected chi connectivity index (χ1v) is 43.5. The molecule has 19 aromatic carbocycles. The molecule has 8 heterocycles. The first-order valence-electron chi connectivity index (χ1n) is 43.5. The number of rotatable bonds is 7. The van der Waals surface area contributed by atoms with Crippen LogP contribution in [0.2, 0.25) is 0 Å². The average Bonchev–Trinajstić information content (AvgIpc) is 1.55. The van der Waals surface area contributed by atoms with Crippen molar-refractivity contribution in [1.29, 1.82) is 0 Å². The lowest BCUT2D eigenvalue weighted by Gasteiger charge is -2.25. The van der Waals surface area contributed by atoms with Gasteiger partial charge in [0.1, 0.15) is 11.2 Å². The zero-order valence-corrected chi connectivity index (χ0v) is 69.6. The van der Waals surface area contributed by atoms with Gasteiger partial charge >= 0.3 is 0 Å². The molecule has 1 aliphatic carbocycles. The number of aromatic nitrogens is 10. The van der Waals surface area contributed by atoms with Gasteiger partial charge in [-0.2, -0.15) is 30.6 Å². The predicted molar refractivity (Wildman–Crippen MR) is 530 cm³/mol. The van der Waals surface area contributed by atoms with Crippen molar-refractivity contribution in [3.63, 3.8) is 0 Å². The van der Waals surface area contributed by atoms with E-state index in [2.05, 4.69) is 421 Å². The van der Waals surface area contributed by atoms with Crippen LogP contribution in [-0.4, -0.2) is 48.9 Å². The highest BCUT2D eigenvalue weighted by atomic mass is 16.3. The maximum Gasteiger partial charge on any atom is 0.136 e.